The van der Waals surface area contributed by atoms with Crippen molar-refractivity contribution in [2.75, 3.05) is 19.6 Å². The van der Waals surface area contributed by atoms with E-state index in [1.165, 1.54) is 0 Å². The van der Waals surface area contributed by atoms with Crippen LogP contribution in [-0.4, -0.2) is 39.0 Å². The predicted molar refractivity (Wildman–Crippen MR) is 74.7 cm³/mol. The lowest BCUT2D eigenvalue weighted by molar-refractivity contribution is 0.0827. The third-order valence-electron chi connectivity index (χ3n) is 4.09. The second kappa shape index (κ2) is 5.05. The van der Waals surface area contributed by atoms with Gasteiger partial charge in [0.2, 0.25) is 10.0 Å². The van der Waals surface area contributed by atoms with Gasteiger partial charge in [0, 0.05) is 17.6 Å². The molecule has 19 heavy (non-hydrogen) atoms. The first-order chi connectivity index (χ1) is 9.04. The van der Waals surface area contributed by atoms with Gasteiger partial charge >= 0.3 is 0 Å². The van der Waals surface area contributed by atoms with Crippen LogP contribution in [0.2, 0.25) is 5.02 Å². The maximum Gasteiger partial charge on any atom is 0.240 e. The van der Waals surface area contributed by atoms with Gasteiger partial charge in [0.15, 0.2) is 0 Å². The zero-order chi connectivity index (χ0) is 13.5. The summed E-state index contributed by atoms with van der Waals surface area (Å²) in [7, 11) is -3.43. The van der Waals surface area contributed by atoms with E-state index in [-0.39, 0.29) is 10.9 Å². The topological polar surface area (TPSA) is 49.4 Å². The molecule has 0 radical (unpaired) electrons. The van der Waals surface area contributed by atoms with Crippen LogP contribution in [0.5, 0.6) is 0 Å². The lowest BCUT2D eigenvalue weighted by atomic mass is 9.85. The Hall–Kier alpha value is -0.620. The number of piperidine rings is 3. The molecule has 3 aliphatic rings. The molecule has 1 N–H and O–H groups in total. The van der Waals surface area contributed by atoms with Crippen molar-refractivity contribution < 1.29 is 8.42 Å². The predicted octanol–water partition coefficient (Wildman–Crippen LogP) is 1.71. The van der Waals surface area contributed by atoms with Gasteiger partial charge in [-0.25, -0.2) is 13.1 Å². The number of nitrogens with one attached hydrogen (secondary N) is 1. The Morgan fingerprint density at radius 3 is 2.32 bits per heavy atom. The second-order valence-corrected chi connectivity index (χ2v) is 7.47. The third kappa shape index (κ3) is 2.79. The summed E-state index contributed by atoms with van der Waals surface area (Å²) in [6.07, 6.45) is 2.18. The normalized spacial score (nSPS) is 30.5. The van der Waals surface area contributed by atoms with Crippen LogP contribution in [-0.2, 0) is 10.0 Å². The van der Waals surface area contributed by atoms with E-state index in [1.54, 1.807) is 24.3 Å². The van der Waals surface area contributed by atoms with Gasteiger partial charge in [-0.3, -0.25) is 0 Å². The molecule has 3 heterocycles. The summed E-state index contributed by atoms with van der Waals surface area (Å²) < 4.78 is 27.5. The van der Waals surface area contributed by atoms with E-state index < -0.39 is 10.0 Å². The van der Waals surface area contributed by atoms with Gasteiger partial charge in [-0.15, -0.1) is 0 Å². The van der Waals surface area contributed by atoms with Crippen LogP contribution in [0.25, 0.3) is 0 Å². The van der Waals surface area contributed by atoms with E-state index in [0.717, 1.165) is 32.5 Å². The fourth-order valence-corrected chi connectivity index (χ4v) is 4.40. The number of nitrogens with zero attached hydrogens (tertiary/aromatic N) is 1. The van der Waals surface area contributed by atoms with Gasteiger partial charge in [-0.05, 0) is 56.1 Å². The quantitative estimate of drug-likeness (QED) is 0.924. The van der Waals surface area contributed by atoms with Crippen molar-refractivity contribution in [2.45, 2.75) is 23.8 Å². The molecule has 2 bridgehead atoms. The van der Waals surface area contributed by atoms with Crippen molar-refractivity contribution in [1.29, 1.82) is 0 Å². The van der Waals surface area contributed by atoms with Crippen LogP contribution in [0.1, 0.15) is 12.8 Å². The van der Waals surface area contributed by atoms with E-state index in [9.17, 15) is 8.42 Å². The molecule has 0 spiro atoms. The molecule has 1 aromatic rings. The van der Waals surface area contributed by atoms with E-state index >= 15 is 0 Å². The average Bonchev–Trinajstić information content (AvgIpc) is 2.40. The molecule has 3 saturated heterocycles. The molecule has 0 aliphatic carbocycles. The van der Waals surface area contributed by atoms with E-state index in [2.05, 4.69) is 9.62 Å². The highest BCUT2D eigenvalue weighted by Crippen LogP contribution is 2.28. The molecule has 1 aromatic carbocycles. The van der Waals surface area contributed by atoms with Crippen LogP contribution in [0.3, 0.4) is 0 Å². The summed E-state index contributed by atoms with van der Waals surface area (Å²) in [5, 5.41) is 0.543. The van der Waals surface area contributed by atoms with Crippen molar-refractivity contribution in [3.05, 3.63) is 29.3 Å². The summed E-state index contributed by atoms with van der Waals surface area (Å²) in [6, 6.07) is 6.35. The van der Waals surface area contributed by atoms with Crippen molar-refractivity contribution in [3.63, 3.8) is 0 Å². The molecule has 4 rings (SSSR count). The minimum Gasteiger partial charge on any atom is -0.302 e. The molecule has 3 fully saturated rings. The van der Waals surface area contributed by atoms with Crippen molar-refractivity contribution in [2.24, 2.45) is 5.92 Å². The SMILES string of the molecule is O=S(=O)(N[C@@H]1CN2CCC1CC2)c1ccc(Cl)cc1. The fourth-order valence-electron chi connectivity index (χ4n) is 2.98. The molecule has 1 atom stereocenters. The first-order valence-electron chi connectivity index (χ1n) is 6.55. The largest absolute Gasteiger partial charge is 0.302 e. The number of fused-ring (bicyclic) bond motifs is 3. The van der Waals surface area contributed by atoms with Crippen LogP contribution < -0.4 is 4.72 Å². The number of benzene rings is 1. The standard InChI is InChI=1S/C13H17ClN2O2S/c14-11-1-3-12(4-2-11)19(17,18)15-13-9-16-7-5-10(13)6-8-16/h1-4,10,13,15H,5-9H2/t13-/m1/s1. The third-order valence-corrected chi connectivity index (χ3v) is 5.84. The lowest BCUT2D eigenvalue weighted by Gasteiger charge is -2.44. The summed E-state index contributed by atoms with van der Waals surface area (Å²) in [4.78, 5) is 2.61. The number of hydrogen-bond donors (Lipinski definition) is 1. The second-order valence-electron chi connectivity index (χ2n) is 5.32. The van der Waals surface area contributed by atoms with Crippen LogP contribution >= 0.6 is 11.6 Å². The monoisotopic (exact) mass is 300 g/mol. The first kappa shape index (κ1) is 13.4. The van der Waals surface area contributed by atoms with Gasteiger partial charge in [-0.2, -0.15) is 0 Å². The minimum atomic E-state index is -3.43. The highest BCUT2D eigenvalue weighted by Gasteiger charge is 2.36. The van der Waals surface area contributed by atoms with Gasteiger partial charge in [0.05, 0.1) is 4.90 Å². The molecule has 104 valence electrons. The van der Waals surface area contributed by atoms with Crippen molar-refractivity contribution in [1.82, 2.24) is 9.62 Å². The smallest absolute Gasteiger partial charge is 0.240 e. The molecule has 3 aliphatic heterocycles. The van der Waals surface area contributed by atoms with Crippen LogP contribution in [0.4, 0.5) is 0 Å². The van der Waals surface area contributed by atoms with E-state index in [0.29, 0.717) is 10.9 Å². The Bertz CT molecular complexity index is 551. The van der Waals surface area contributed by atoms with Crippen molar-refractivity contribution >= 4 is 21.6 Å². The molecule has 0 unspecified atom stereocenters. The Morgan fingerprint density at radius 2 is 1.79 bits per heavy atom. The minimum absolute atomic E-state index is 0.0446. The number of rotatable bonds is 3. The average molecular weight is 301 g/mol. The number of hydrogen-bond acceptors (Lipinski definition) is 3. The highest BCUT2D eigenvalue weighted by molar-refractivity contribution is 7.89. The first-order valence-corrected chi connectivity index (χ1v) is 8.41. The van der Waals surface area contributed by atoms with Crippen LogP contribution in [0, 0.1) is 5.92 Å². The molecule has 4 nitrogen and oxygen atoms in total. The maximum absolute atomic E-state index is 12.3. The van der Waals surface area contributed by atoms with Gasteiger partial charge < -0.3 is 4.90 Å². The molecule has 0 aromatic heterocycles. The number of sulfonamides is 1. The number of halogens is 1. The fraction of sp³-hybridized carbons (Fsp3) is 0.538. The Kier molecular flexibility index (Phi) is 3.55. The van der Waals surface area contributed by atoms with Crippen molar-refractivity contribution in [3.8, 4) is 0 Å². The van der Waals surface area contributed by atoms with Crippen LogP contribution in [0.15, 0.2) is 29.2 Å². The highest BCUT2D eigenvalue weighted by atomic mass is 35.5. The summed E-state index contributed by atoms with van der Waals surface area (Å²) in [5.41, 5.74) is 0. The van der Waals surface area contributed by atoms with E-state index in [4.69, 9.17) is 11.6 Å². The van der Waals surface area contributed by atoms with Gasteiger partial charge in [0.1, 0.15) is 0 Å². The molecule has 0 saturated carbocycles. The molecular formula is C13H17ClN2O2S. The lowest BCUT2D eigenvalue weighted by Crippen LogP contribution is -2.57. The zero-order valence-corrected chi connectivity index (χ0v) is 12.1. The summed E-state index contributed by atoms with van der Waals surface area (Å²) >= 11 is 5.78. The molecular weight excluding hydrogens is 284 g/mol. The van der Waals surface area contributed by atoms with Gasteiger partial charge in [0.25, 0.3) is 0 Å². The molecule has 0 amide bonds. The Labute approximate surface area is 118 Å². The Morgan fingerprint density at radius 1 is 1.16 bits per heavy atom. The Balaban J connectivity index is 1.76. The summed E-state index contributed by atoms with van der Waals surface area (Å²) in [6.45, 7) is 3.03. The molecule has 6 heteroatoms. The van der Waals surface area contributed by atoms with E-state index in [1.807, 2.05) is 0 Å². The maximum atomic E-state index is 12.3. The van der Waals surface area contributed by atoms with Gasteiger partial charge in [-0.1, -0.05) is 11.6 Å². The summed E-state index contributed by atoms with van der Waals surface area (Å²) in [5.74, 6) is 0.479. The zero-order valence-electron chi connectivity index (χ0n) is 10.5.